The first-order valence-corrected chi connectivity index (χ1v) is 8.48. The Morgan fingerprint density at radius 3 is 2.29 bits per heavy atom. The summed E-state index contributed by atoms with van der Waals surface area (Å²) in [5, 5.41) is 0. The lowest BCUT2D eigenvalue weighted by Crippen LogP contribution is -2.28. The van der Waals surface area contributed by atoms with E-state index in [0.29, 0.717) is 19.1 Å². The third-order valence-electron chi connectivity index (χ3n) is 4.01. The molecule has 116 valence electrons. The fraction of sp³-hybridized carbons (Fsp3) is 0.750. The Morgan fingerprint density at radius 2 is 1.76 bits per heavy atom. The van der Waals surface area contributed by atoms with E-state index in [1.54, 1.807) is 0 Å². The lowest BCUT2D eigenvalue weighted by molar-refractivity contribution is 0.263. The normalized spacial score (nSPS) is 33.7. The van der Waals surface area contributed by atoms with E-state index in [0.717, 1.165) is 24.6 Å². The van der Waals surface area contributed by atoms with E-state index >= 15 is 0 Å². The zero-order valence-electron chi connectivity index (χ0n) is 13.1. The van der Waals surface area contributed by atoms with Crippen LogP contribution in [0.3, 0.4) is 0 Å². The fourth-order valence-electron chi connectivity index (χ4n) is 2.85. The summed E-state index contributed by atoms with van der Waals surface area (Å²) < 4.78 is 11.6. The van der Waals surface area contributed by atoms with Crippen molar-refractivity contribution in [3.63, 3.8) is 0 Å². The van der Waals surface area contributed by atoms with Gasteiger partial charge in [0.15, 0.2) is 5.90 Å². The van der Waals surface area contributed by atoms with Crippen molar-refractivity contribution in [3.8, 4) is 0 Å². The van der Waals surface area contributed by atoms with Crippen molar-refractivity contribution in [2.24, 2.45) is 15.9 Å². The summed E-state index contributed by atoms with van der Waals surface area (Å²) in [4.78, 5) is 9.61. The molecule has 0 saturated carbocycles. The van der Waals surface area contributed by atoms with Crippen molar-refractivity contribution < 1.29 is 9.47 Å². The Bertz CT molecular complexity index is 534. The van der Waals surface area contributed by atoms with Gasteiger partial charge in [-0.25, -0.2) is 9.98 Å². The molecule has 2 aliphatic heterocycles. The Labute approximate surface area is 134 Å². The maximum absolute atomic E-state index is 5.80. The first kappa shape index (κ1) is 15.1. The number of nitrogens with zero attached hydrogens (tertiary/aromatic N) is 2. The highest BCUT2D eigenvalue weighted by molar-refractivity contribution is 9.09. The van der Waals surface area contributed by atoms with Crippen LogP contribution < -0.4 is 0 Å². The average Bonchev–Trinajstić information content (AvgIpc) is 2.92. The third kappa shape index (κ3) is 3.17. The number of hydrogen-bond donors (Lipinski definition) is 0. The fourth-order valence-corrected chi connectivity index (χ4v) is 3.66. The summed E-state index contributed by atoms with van der Waals surface area (Å²) in [7, 11) is 0. The van der Waals surface area contributed by atoms with Crippen LogP contribution in [0.5, 0.6) is 0 Å². The molecule has 2 atom stereocenters. The van der Waals surface area contributed by atoms with E-state index in [1.165, 1.54) is 5.57 Å². The molecule has 21 heavy (non-hydrogen) atoms. The van der Waals surface area contributed by atoms with E-state index in [1.807, 2.05) is 0 Å². The summed E-state index contributed by atoms with van der Waals surface area (Å²) in [6.07, 6.45) is 4.19. The first-order chi connectivity index (χ1) is 9.76. The van der Waals surface area contributed by atoms with Gasteiger partial charge in [-0.2, -0.15) is 0 Å². The molecule has 0 aromatic rings. The van der Waals surface area contributed by atoms with Crippen LogP contribution in [0.15, 0.2) is 21.6 Å². The smallest absolute Gasteiger partial charge is 0.212 e. The molecule has 0 spiro atoms. The zero-order valence-corrected chi connectivity index (χ0v) is 14.7. The number of aliphatic imine (C=N–C) groups is 2. The van der Waals surface area contributed by atoms with Gasteiger partial charge >= 0.3 is 0 Å². The summed E-state index contributed by atoms with van der Waals surface area (Å²) in [6, 6.07) is 0. The molecular weight excluding hydrogens is 332 g/mol. The quantitative estimate of drug-likeness (QED) is 0.712. The van der Waals surface area contributed by atoms with Crippen molar-refractivity contribution in [2.45, 2.75) is 56.4 Å². The van der Waals surface area contributed by atoms with Crippen molar-refractivity contribution in [2.75, 3.05) is 13.2 Å². The SMILES string of the molecule is CC1(C)COC(C2=C[C@H](Br)C(C3=NC(C)(C)CO3)CC2)=N1. The van der Waals surface area contributed by atoms with Crippen LogP contribution in [0.4, 0.5) is 0 Å². The molecule has 1 aliphatic carbocycles. The van der Waals surface area contributed by atoms with Gasteiger partial charge in [-0.15, -0.1) is 0 Å². The third-order valence-corrected chi connectivity index (χ3v) is 4.92. The minimum Gasteiger partial charge on any atom is -0.478 e. The van der Waals surface area contributed by atoms with E-state index in [9.17, 15) is 0 Å². The van der Waals surface area contributed by atoms with Crippen molar-refractivity contribution >= 4 is 27.7 Å². The predicted octanol–water partition coefficient (Wildman–Crippen LogP) is 3.50. The van der Waals surface area contributed by atoms with Crippen LogP contribution in [0.25, 0.3) is 0 Å². The van der Waals surface area contributed by atoms with Gasteiger partial charge < -0.3 is 9.47 Å². The van der Waals surface area contributed by atoms with Crippen LogP contribution in [0, 0.1) is 5.92 Å². The molecule has 3 rings (SSSR count). The van der Waals surface area contributed by atoms with Gasteiger partial charge in [0.2, 0.25) is 5.90 Å². The molecule has 0 aromatic heterocycles. The highest BCUT2D eigenvalue weighted by Gasteiger charge is 2.37. The first-order valence-electron chi connectivity index (χ1n) is 7.56. The molecule has 0 saturated heterocycles. The summed E-state index contributed by atoms with van der Waals surface area (Å²) in [5.41, 5.74) is 1.02. The van der Waals surface area contributed by atoms with Gasteiger partial charge in [-0.1, -0.05) is 22.0 Å². The second kappa shape index (κ2) is 5.11. The lowest BCUT2D eigenvalue weighted by atomic mass is 9.89. The molecule has 3 aliphatic rings. The van der Waals surface area contributed by atoms with Gasteiger partial charge in [0, 0.05) is 10.4 Å². The standard InChI is InChI=1S/C16H23BrN2O2/c1-15(2)8-20-13(18-15)10-5-6-11(12(17)7-10)14-19-16(3,4)9-21-14/h7,11-12H,5-6,8-9H2,1-4H3/t11?,12-/m0/s1. The lowest BCUT2D eigenvalue weighted by Gasteiger charge is -2.25. The van der Waals surface area contributed by atoms with Gasteiger partial charge in [0.05, 0.1) is 17.0 Å². The second-order valence-electron chi connectivity index (χ2n) is 7.35. The minimum atomic E-state index is -0.0997. The van der Waals surface area contributed by atoms with Gasteiger partial charge in [-0.3, -0.25) is 0 Å². The monoisotopic (exact) mass is 354 g/mol. The molecule has 2 heterocycles. The van der Waals surface area contributed by atoms with Crippen LogP contribution in [0.1, 0.15) is 40.5 Å². The largest absolute Gasteiger partial charge is 0.478 e. The molecule has 0 amide bonds. The van der Waals surface area contributed by atoms with Gasteiger partial charge in [-0.05, 0) is 40.5 Å². The predicted molar refractivity (Wildman–Crippen MR) is 88.5 cm³/mol. The van der Waals surface area contributed by atoms with E-state index in [4.69, 9.17) is 14.5 Å². The average molecular weight is 355 g/mol. The van der Waals surface area contributed by atoms with Crippen LogP contribution in [0.2, 0.25) is 0 Å². The van der Waals surface area contributed by atoms with Crippen LogP contribution >= 0.6 is 15.9 Å². The topological polar surface area (TPSA) is 43.2 Å². The Balaban J connectivity index is 1.75. The molecular formula is C16H23BrN2O2. The maximum Gasteiger partial charge on any atom is 0.212 e. The molecule has 4 nitrogen and oxygen atoms in total. The van der Waals surface area contributed by atoms with Crippen molar-refractivity contribution in [1.29, 1.82) is 0 Å². The summed E-state index contributed by atoms with van der Waals surface area (Å²) >= 11 is 3.77. The number of rotatable bonds is 2. The maximum atomic E-state index is 5.80. The second-order valence-corrected chi connectivity index (χ2v) is 8.41. The number of halogens is 1. The van der Waals surface area contributed by atoms with E-state index < -0.39 is 0 Å². The molecule has 0 N–H and O–H groups in total. The van der Waals surface area contributed by atoms with Crippen LogP contribution in [-0.2, 0) is 9.47 Å². The molecule has 1 unspecified atom stereocenters. The van der Waals surface area contributed by atoms with E-state index in [-0.39, 0.29) is 15.9 Å². The van der Waals surface area contributed by atoms with Gasteiger partial charge in [0.1, 0.15) is 13.2 Å². The number of ether oxygens (including phenoxy) is 2. The highest BCUT2D eigenvalue weighted by atomic mass is 79.9. The van der Waals surface area contributed by atoms with E-state index in [2.05, 4.69) is 54.7 Å². The zero-order chi connectivity index (χ0) is 15.3. The van der Waals surface area contributed by atoms with Crippen molar-refractivity contribution in [3.05, 3.63) is 11.6 Å². The Hall–Kier alpha value is -0.840. The highest BCUT2D eigenvalue weighted by Crippen LogP contribution is 2.35. The molecule has 0 fully saturated rings. The molecule has 5 heteroatoms. The number of allylic oxidation sites excluding steroid dienone is 1. The Kier molecular flexibility index (Phi) is 3.67. The molecule has 0 bridgehead atoms. The van der Waals surface area contributed by atoms with Gasteiger partial charge in [0.25, 0.3) is 0 Å². The Morgan fingerprint density at radius 1 is 1.10 bits per heavy atom. The minimum absolute atomic E-state index is 0.0886. The van der Waals surface area contributed by atoms with Crippen LogP contribution in [-0.4, -0.2) is 40.9 Å². The number of hydrogen-bond acceptors (Lipinski definition) is 4. The van der Waals surface area contributed by atoms with Crippen molar-refractivity contribution in [1.82, 2.24) is 0 Å². The molecule has 0 radical (unpaired) electrons. The summed E-state index contributed by atoms with van der Waals surface area (Å²) in [5.74, 6) is 2.02. The molecule has 0 aromatic carbocycles. The summed E-state index contributed by atoms with van der Waals surface area (Å²) in [6.45, 7) is 9.76. The number of alkyl halides is 1.